The minimum atomic E-state index is -3.51. The molecular formula is C23H19F2NO3S. The highest BCUT2D eigenvalue weighted by molar-refractivity contribution is 7.90. The van der Waals surface area contributed by atoms with E-state index in [-0.39, 0.29) is 28.8 Å². The van der Waals surface area contributed by atoms with Gasteiger partial charge >= 0.3 is 0 Å². The molecule has 4 nitrogen and oxygen atoms in total. The lowest BCUT2D eigenvalue weighted by Crippen LogP contribution is -2.28. The van der Waals surface area contributed by atoms with Gasteiger partial charge in [-0.05, 0) is 49.2 Å². The molecule has 0 atom stereocenters. The van der Waals surface area contributed by atoms with Crippen molar-refractivity contribution in [3.63, 3.8) is 0 Å². The second-order valence-electron chi connectivity index (χ2n) is 7.36. The van der Waals surface area contributed by atoms with Gasteiger partial charge in [0.15, 0.2) is 9.84 Å². The van der Waals surface area contributed by atoms with Gasteiger partial charge in [-0.1, -0.05) is 29.8 Å². The van der Waals surface area contributed by atoms with Crippen LogP contribution in [0.4, 0.5) is 14.5 Å². The summed E-state index contributed by atoms with van der Waals surface area (Å²) >= 11 is 0. The SMILES string of the molecule is Cc1ccc(S(=O)(=O)Cc2ccc(C(=O)N3CCc4c(F)cc(F)cc43)cc2)cc1. The number of aryl methyl sites for hydroxylation is 1. The first kappa shape index (κ1) is 20.2. The number of hydrogen-bond donors (Lipinski definition) is 0. The second kappa shape index (κ2) is 7.65. The summed E-state index contributed by atoms with van der Waals surface area (Å²) in [6.45, 7) is 2.14. The average Bonchev–Trinajstić information content (AvgIpc) is 3.12. The van der Waals surface area contributed by atoms with Gasteiger partial charge in [-0.25, -0.2) is 17.2 Å². The number of hydrogen-bond acceptors (Lipinski definition) is 3. The van der Waals surface area contributed by atoms with Crippen LogP contribution in [-0.2, 0) is 22.0 Å². The maximum absolute atomic E-state index is 13.9. The summed E-state index contributed by atoms with van der Waals surface area (Å²) in [5.74, 6) is -1.96. The van der Waals surface area contributed by atoms with Gasteiger partial charge in [-0.3, -0.25) is 4.79 Å². The first-order chi connectivity index (χ1) is 14.2. The number of nitrogens with zero attached hydrogens (tertiary/aromatic N) is 1. The van der Waals surface area contributed by atoms with E-state index in [0.717, 1.165) is 17.7 Å². The summed E-state index contributed by atoms with van der Waals surface area (Å²) in [6, 6.07) is 14.9. The molecule has 1 heterocycles. The Morgan fingerprint density at radius 1 is 1.00 bits per heavy atom. The van der Waals surface area contributed by atoms with E-state index in [9.17, 15) is 22.0 Å². The fourth-order valence-electron chi connectivity index (χ4n) is 3.58. The van der Waals surface area contributed by atoms with E-state index < -0.39 is 21.5 Å². The normalized spacial score (nSPS) is 13.4. The molecule has 3 aromatic rings. The maximum Gasteiger partial charge on any atom is 0.258 e. The third-order valence-electron chi connectivity index (χ3n) is 5.20. The van der Waals surface area contributed by atoms with Crippen LogP contribution in [0.15, 0.2) is 65.6 Å². The van der Waals surface area contributed by atoms with Crippen molar-refractivity contribution in [3.8, 4) is 0 Å². The molecule has 0 N–H and O–H groups in total. The number of anilines is 1. The van der Waals surface area contributed by atoms with Crippen LogP contribution in [-0.4, -0.2) is 20.9 Å². The summed E-state index contributed by atoms with van der Waals surface area (Å²) in [4.78, 5) is 14.4. The van der Waals surface area contributed by atoms with E-state index in [2.05, 4.69) is 0 Å². The zero-order valence-corrected chi connectivity index (χ0v) is 17.0. The lowest BCUT2D eigenvalue weighted by Gasteiger charge is -2.18. The fourth-order valence-corrected chi connectivity index (χ4v) is 4.93. The first-order valence-corrected chi connectivity index (χ1v) is 11.1. The number of fused-ring (bicyclic) bond motifs is 1. The van der Waals surface area contributed by atoms with E-state index in [1.54, 1.807) is 36.4 Å². The Labute approximate surface area is 173 Å². The molecule has 1 aliphatic heterocycles. The summed E-state index contributed by atoms with van der Waals surface area (Å²) in [6.07, 6.45) is 0.320. The molecule has 0 radical (unpaired) electrons. The third-order valence-corrected chi connectivity index (χ3v) is 6.90. The summed E-state index contributed by atoms with van der Waals surface area (Å²) in [7, 11) is -3.51. The largest absolute Gasteiger partial charge is 0.308 e. The molecule has 0 saturated carbocycles. The van der Waals surface area contributed by atoms with Crippen LogP contribution in [0.25, 0.3) is 0 Å². The van der Waals surface area contributed by atoms with Crippen molar-refractivity contribution >= 4 is 21.4 Å². The predicted molar refractivity (Wildman–Crippen MR) is 110 cm³/mol. The van der Waals surface area contributed by atoms with Crippen molar-refractivity contribution in [1.82, 2.24) is 0 Å². The van der Waals surface area contributed by atoms with Crippen LogP contribution in [0, 0.1) is 18.6 Å². The highest BCUT2D eigenvalue weighted by atomic mass is 32.2. The van der Waals surface area contributed by atoms with Gasteiger partial charge in [-0.15, -0.1) is 0 Å². The molecule has 0 unspecified atom stereocenters. The molecule has 0 spiro atoms. The Morgan fingerprint density at radius 3 is 2.33 bits per heavy atom. The van der Waals surface area contributed by atoms with E-state index in [0.29, 0.717) is 23.1 Å². The van der Waals surface area contributed by atoms with Crippen molar-refractivity contribution in [2.75, 3.05) is 11.4 Å². The van der Waals surface area contributed by atoms with Crippen molar-refractivity contribution in [3.05, 3.63) is 94.6 Å². The lowest BCUT2D eigenvalue weighted by molar-refractivity contribution is 0.0989. The lowest BCUT2D eigenvalue weighted by atomic mass is 10.1. The minimum Gasteiger partial charge on any atom is -0.308 e. The molecule has 30 heavy (non-hydrogen) atoms. The molecule has 0 aromatic heterocycles. The Kier molecular flexibility index (Phi) is 5.15. The average molecular weight is 427 g/mol. The zero-order valence-electron chi connectivity index (χ0n) is 16.2. The standard InChI is InChI=1S/C23H19F2NO3S/c1-15-2-8-19(9-3-15)30(28,29)14-16-4-6-17(7-5-16)23(27)26-11-10-20-21(25)12-18(24)13-22(20)26/h2-9,12-13H,10-11,14H2,1H3. The number of carbonyl (C=O) groups excluding carboxylic acids is 1. The van der Waals surface area contributed by atoms with Crippen LogP contribution in [0.3, 0.4) is 0 Å². The first-order valence-electron chi connectivity index (χ1n) is 9.43. The molecule has 0 fully saturated rings. The number of rotatable bonds is 4. The molecule has 1 aliphatic rings. The number of benzene rings is 3. The molecule has 0 aliphatic carbocycles. The van der Waals surface area contributed by atoms with Gasteiger partial charge in [0.25, 0.3) is 5.91 Å². The van der Waals surface area contributed by atoms with E-state index >= 15 is 0 Å². The monoisotopic (exact) mass is 427 g/mol. The minimum absolute atomic E-state index is 0.187. The van der Waals surface area contributed by atoms with Crippen molar-refractivity contribution in [2.24, 2.45) is 0 Å². The topological polar surface area (TPSA) is 54.5 Å². The van der Waals surface area contributed by atoms with Crippen LogP contribution >= 0.6 is 0 Å². The Morgan fingerprint density at radius 2 is 1.67 bits per heavy atom. The van der Waals surface area contributed by atoms with Gasteiger partial charge in [0.1, 0.15) is 11.6 Å². The van der Waals surface area contributed by atoms with Crippen LogP contribution in [0.5, 0.6) is 0 Å². The van der Waals surface area contributed by atoms with Gasteiger partial charge in [-0.2, -0.15) is 0 Å². The fraction of sp³-hybridized carbons (Fsp3) is 0.174. The Balaban J connectivity index is 1.54. The molecule has 0 bridgehead atoms. The van der Waals surface area contributed by atoms with Crippen molar-refractivity contribution in [1.29, 1.82) is 0 Å². The summed E-state index contributed by atoms with van der Waals surface area (Å²) in [5.41, 5.74) is 2.41. The summed E-state index contributed by atoms with van der Waals surface area (Å²) < 4.78 is 52.7. The van der Waals surface area contributed by atoms with Crippen molar-refractivity contribution in [2.45, 2.75) is 24.0 Å². The van der Waals surface area contributed by atoms with E-state index in [4.69, 9.17) is 0 Å². The molecule has 3 aromatic carbocycles. The quantitative estimate of drug-likeness (QED) is 0.618. The number of sulfone groups is 1. The van der Waals surface area contributed by atoms with Crippen LogP contribution in [0.1, 0.15) is 27.0 Å². The highest BCUT2D eigenvalue weighted by Crippen LogP contribution is 2.32. The Bertz CT molecular complexity index is 1220. The van der Waals surface area contributed by atoms with Gasteiger partial charge in [0, 0.05) is 23.7 Å². The molecule has 4 rings (SSSR count). The smallest absolute Gasteiger partial charge is 0.258 e. The molecule has 154 valence electrons. The van der Waals surface area contributed by atoms with Crippen LogP contribution < -0.4 is 4.90 Å². The van der Waals surface area contributed by atoms with E-state index in [1.807, 2.05) is 6.92 Å². The van der Waals surface area contributed by atoms with E-state index in [1.165, 1.54) is 17.0 Å². The van der Waals surface area contributed by atoms with Crippen LogP contribution in [0.2, 0.25) is 0 Å². The molecule has 1 amide bonds. The van der Waals surface area contributed by atoms with Gasteiger partial charge in [0.2, 0.25) is 0 Å². The van der Waals surface area contributed by atoms with Crippen molar-refractivity contribution < 1.29 is 22.0 Å². The van der Waals surface area contributed by atoms with Gasteiger partial charge < -0.3 is 4.90 Å². The number of amides is 1. The number of halogens is 2. The molecule has 0 saturated heterocycles. The summed E-state index contributed by atoms with van der Waals surface area (Å²) in [5, 5.41) is 0. The second-order valence-corrected chi connectivity index (χ2v) is 9.35. The third kappa shape index (κ3) is 3.85. The Hall–Kier alpha value is -3.06. The highest BCUT2D eigenvalue weighted by Gasteiger charge is 2.28. The molecular weight excluding hydrogens is 408 g/mol. The maximum atomic E-state index is 13.9. The molecule has 7 heteroatoms. The predicted octanol–water partition coefficient (Wildman–Crippen LogP) is 4.45. The zero-order chi connectivity index (χ0) is 21.5. The number of carbonyl (C=O) groups is 1. The van der Waals surface area contributed by atoms with Gasteiger partial charge in [0.05, 0.1) is 16.3 Å².